The third kappa shape index (κ3) is 3.59. The first kappa shape index (κ1) is 15.5. The molecule has 1 aliphatic rings. The second kappa shape index (κ2) is 6.24. The van der Waals surface area contributed by atoms with Crippen molar-refractivity contribution < 1.29 is 17.6 Å². The SMILES string of the molecule is CCSC1CCCC1Nc1ccc(C(F)(F)F)cc1F. The van der Waals surface area contributed by atoms with Gasteiger partial charge in [-0.1, -0.05) is 13.3 Å². The summed E-state index contributed by atoms with van der Waals surface area (Å²) in [7, 11) is 0. The number of benzene rings is 1. The zero-order chi connectivity index (χ0) is 14.8. The molecule has 2 atom stereocenters. The Balaban J connectivity index is 2.10. The fourth-order valence-corrected chi connectivity index (χ4v) is 3.71. The minimum atomic E-state index is -4.51. The predicted octanol–water partition coefficient (Wildman–Crippen LogP) is 4.93. The summed E-state index contributed by atoms with van der Waals surface area (Å²) in [6.45, 7) is 2.07. The number of halogens is 4. The molecule has 0 radical (unpaired) electrons. The number of alkyl halides is 3. The van der Waals surface area contributed by atoms with Crippen LogP contribution in [0, 0.1) is 5.82 Å². The van der Waals surface area contributed by atoms with Gasteiger partial charge < -0.3 is 5.32 Å². The van der Waals surface area contributed by atoms with Crippen molar-refractivity contribution in [3.05, 3.63) is 29.6 Å². The van der Waals surface area contributed by atoms with Gasteiger partial charge in [-0.15, -0.1) is 0 Å². The van der Waals surface area contributed by atoms with Gasteiger partial charge in [-0.25, -0.2) is 4.39 Å². The van der Waals surface area contributed by atoms with Gasteiger partial charge in [0.25, 0.3) is 0 Å². The molecule has 20 heavy (non-hydrogen) atoms. The van der Waals surface area contributed by atoms with E-state index in [0.29, 0.717) is 11.3 Å². The smallest absolute Gasteiger partial charge is 0.379 e. The van der Waals surface area contributed by atoms with Crippen LogP contribution in [0.5, 0.6) is 0 Å². The van der Waals surface area contributed by atoms with Crippen LogP contribution in [0.15, 0.2) is 18.2 Å². The van der Waals surface area contributed by atoms with Crippen molar-refractivity contribution in [3.63, 3.8) is 0 Å². The molecule has 112 valence electrons. The largest absolute Gasteiger partial charge is 0.416 e. The van der Waals surface area contributed by atoms with Crippen molar-refractivity contribution in [2.45, 2.75) is 43.7 Å². The molecule has 0 heterocycles. The number of anilines is 1. The Morgan fingerprint density at radius 1 is 1.30 bits per heavy atom. The Hall–Kier alpha value is -0.910. The monoisotopic (exact) mass is 307 g/mol. The average Bonchev–Trinajstić information content (AvgIpc) is 2.78. The number of rotatable bonds is 4. The lowest BCUT2D eigenvalue weighted by molar-refractivity contribution is -0.137. The third-order valence-electron chi connectivity index (χ3n) is 3.47. The fraction of sp³-hybridized carbons (Fsp3) is 0.571. The summed E-state index contributed by atoms with van der Waals surface area (Å²) in [5.74, 6) is 0.144. The lowest BCUT2D eigenvalue weighted by Crippen LogP contribution is -2.26. The van der Waals surface area contributed by atoms with Crippen LogP contribution in [0.3, 0.4) is 0 Å². The second-order valence-electron chi connectivity index (χ2n) is 4.87. The summed E-state index contributed by atoms with van der Waals surface area (Å²) >= 11 is 1.81. The van der Waals surface area contributed by atoms with E-state index in [4.69, 9.17) is 0 Å². The molecule has 1 fully saturated rings. The Bertz CT molecular complexity index is 461. The van der Waals surface area contributed by atoms with Crippen LogP contribution >= 0.6 is 11.8 Å². The van der Waals surface area contributed by atoms with Gasteiger partial charge >= 0.3 is 6.18 Å². The van der Waals surface area contributed by atoms with Gasteiger partial charge in [0.05, 0.1) is 11.3 Å². The first-order chi connectivity index (χ1) is 9.41. The molecule has 1 aromatic rings. The van der Waals surface area contributed by atoms with Crippen molar-refractivity contribution in [1.82, 2.24) is 0 Å². The third-order valence-corrected chi connectivity index (χ3v) is 4.80. The molecule has 2 unspecified atom stereocenters. The number of nitrogens with one attached hydrogen (secondary N) is 1. The van der Waals surface area contributed by atoms with Gasteiger partial charge in [-0.3, -0.25) is 0 Å². The molecule has 2 rings (SSSR count). The zero-order valence-corrected chi connectivity index (χ0v) is 12.0. The van der Waals surface area contributed by atoms with Crippen molar-refractivity contribution in [2.24, 2.45) is 0 Å². The summed E-state index contributed by atoms with van der Waals surface area (Å²) in [6.07, 6.45) is -1.44. The van der Waals surface area contributed by atoms with Gasteiger partial charge in [0.2, 0.25) is 0 Å². The van der Waals surface area contributed by atoms with Gasteiger partial charge in [0.1, 0.15) is 5.82 Å². The molecule has 0 aromatic heterocycles. The van der Waals surface area contributed by atoms with Crippen molar-refractivity contribution in [3.8, 4) is 0 Å². The lowest BCUT2D eigenvalue weighted by Gasteiger charge is -2.22. The first-order valence-corrected chi connectivity index (χ1v) is 7.71. The highest BCUT2D eigenvalue weighted by atomic mass is 32.2. The molecule has 6 heteroatoms. The van der Waals surface area contributed by atoms with Crippen LogP contribution < -0.4 is 5.32 Å². The van der Waals surface area contributed by atoms with E-state index in [-0.39, 0.29) is 11.7 Å². The van der Waals surface area contributed by atoms with Crippen LogP contribution in [0.25, 0.3) is 0 Å². The number of hydrogen-bond donors (Lipinski definition) is 1. The standard InChI is InChI=1S/C14H17F4NS/c1-2-20-13-5-3-4-12(13)19-11-7-6-9(8-10(11)15)14(16,17)18/h6-8,12-13,19H,2-5H2,1H3. The maximum Gasteiger partial charge on any atom is 0.416 e. The van der Waals surface area contributed by atoms with Gasteiger partial charge in [-0.05, 0) is 36.8 Å². The summed E-state index contributed by atoms with van der Waals surface area (Å²) < 4.78 is 51.2. The Kier molecular flexibility index (Phi) is 4.83. The average molecular weight is 307 g/mol. The molecule has 0 amide bonds. The fourth-order valence-electron chi connectivity index (χ4n) is 2.51. The topological polar surface area (TPSA) is 12.0 Å². The van der Waals surface area contributed by atoms with Crippen molar-refractivity contribution in [2.75, 3.05) is 11.1 Å². The van der Waals surface area contributed by atoms with E-state index in [1.54, 1.807) is 0 Å². The van der Waals surface area contributed by atoms with E-state index in [9.17, 15) is 17.6 Å². The van der Waals surface area contributed by atoms with Gasteiger partial charge in [-0.2, -0.15) is 24.9 Å². The molecular formula is C14H17F4NS. The quantitative estimate of drug-likeness (QED) is 0.792. The molecule has 1 saturated carbocycles. The summed E-state index contributed by atoms with van der Waals surface area (Å²) in [6, 6.07) is 2.79. The summed E-state index contributed by atoms with van der Waals surface area (Å²) in [5.41, 5.74) is -0.793. The maximum absolute atomic E-state index is 13.8. The highest BCUT2D eigenvalue weighted by Crippen LogP contribution is 2.34. The molecule has 1 nitrogen and oxygen atoms in total. The minimum Gasteiger partial charge on any atom is -0.379 e. The molecule has 1 N–H and O–H groups in total. The van der Waals surface area contributed by atoms with E-state index in [0.717, 1.165) is 31.1 Å². The molecule has 0 saturated heterocycles. The molecule has 1 aliphatic carbocycles. The van der Waals surface area contributed by atoms with E-state index >= 15 is 0 Å². The highest BCUT2D eigenvalue weighted by Gasteiger charge is 2.32. The van der Waals surface area contributed by atoms with Crippen LogP contribution in [-0.4, -0.2) is 17.0 Å². The summed E-state index contributed by atoms with van der Waals surface area (Å²) in [4.78, 5) is 0. The minimum absolute atomic E-state index is 0.131. The van der Waals surface area contributed by atoms with Crippen molar-refractivity contribution in [1.29, 1.82) is 0 Å². The van der Waals surface area contributed by atoms with Crippen LogP contribution in [-0.2, 0) is 6.18 Å². The van der Waals surface area contributed by atoms with E-state index in [2.05, 4.69) is 12.2 Å². The number of hydrogen-bond acceptors (Lipinski definition) is 2. The first-order valence-electron chi connectivity index (χ1n) is 6.66. The van der Waals surface area contributed by atoms with Gasteiger partial charge in [0.15, 0.2) is 0 Å². The van der Waals surface area contributed by atoms with Crippen LogP contribution in [0.4, 0.5) is 23.2 Å². The molecule has 1 aromatic carbocycles. The zero-order valence-electron chi connectivity index (χ0n) is 11.1. The Morgan fingerprint density at radius 2 is 2.05 bits per heavy atom. The Morgan fingerprint density at radius 3 is 2.65 bits per heavy atom. The molecule has 0 aliphatic heterocycles. The van der Waals surface area contributed by atoms with E-state index < -0.39 is 17.6 Å². The normalized spacial score (nSPS) is 23.1. The maximum atomic E-state index is 13.8. The highest BCUT2D eigenvalue weighted by molar-refractivity contribution is 7.99. The summed E-state index contributed by atoms with van der Waals surface area (Å²) in [5, 5.41) is 3.46. The lowest BCUT2D eigenvalue weighted by atomic mass is 10.1. The van der Waals surface area contributed by atoms with Crippen molar-refractivity contribution >= 4 is 17.4 Å². The van der Waals surface area contributed by atoms with E-state index in [1.807, 2.05) is 11.8 Å². The van der Waals surface area contributed by atoms with Crippen LogP contribution in [0.1, 0.15) is 31.7 Å². The Labute approximate surface area is 120 Å². The molecular weight excluding hydrogens is 290 g/mol. The molecule has 0 bridgehead atoms. The second-order valence-corrected chi connectivity index (χ2v) is 6.38. The molecule has 0 spiro atoms. The van der Waals surface area contributed by atoms with Gasteiger partial charge in [0, 0.05) is 11.3 Å². The van der Waals surface area contributed by atoms with E-state index in [1.165, 1.54) is 6.07 Å². The van der Waals surface area contributed by atoms with Crippen LogP contribution in [0.2, 0.25) is 0 Å². The predicted molar refractivity (Wildman–Crippen MR) is 74.6 cm³/mol. The number of thioether (sulfide) groups is 1.